The second kappa shape index (κ2) is 5.48. The SMILES string of the molecule is CC(CCS(C)=O)NC(=O)NC1(C(=O)O)CC1. The lowest BCUT2D eigenvalue weighted by Gasteiger charge is -2.17. The molecule has 17 heavy (non-hydrogen) atoms. The molecule has 0 aliphatic heterocycles. The molecule has 6 nitrogen and oxygen atoms in total. The molecule has 2 atom stereocenters. The average molecular weight is 262 g/mol. The van der Waals surface area contributed by atoms with Crippen molar-refractivity contribution in [3.05, 3.63) is 0 Å². The van der Waals surface area contributed by atoms with Crippen molar-refractivity contribution in [3.63, 3.8) is 0 Å². The number of carboxylic acid groups (broad SMARTS) is 1. The summed E-state index contributed by atoms with van der Waals surface area (Å²) in [6, 6.07) is -0.595. The first kappa shape index (κ1) is 14.0. The van der Waals surface area contributed by atoms with E-state index in [-0.39, 0.29) is 6.04 Å². The first-order chi connectivity index (χ1) is 7.85. The summed E-state index contributed by atoms with van der Waals surface area (Å²) in [5.41, 5.74) is -1.06. The van der Waals surface area contributed by atoms with Gasteiger partial charge in [-0.2, -0.15) is 0 Å². The molecule has 2 unspecified atom stereocenters. The van der Waals surface area contributed by atoms with Crippen molar-refractivity contribution in [2.75, 3.05) is 12.0 Å². The maximum Gasteiger partial charge on any atom is 0.329 e. The van der Waals surface area contributed by atoms with Crippen LogP contribution in [0, 0.1) is 0 Å². The predicted octanol–water partition coefficient (Wildman–Crippen LogP) is 0.0599. The van der Waals surface area contributed by atoms with Crippen molar-refractivity contribution in [1.29, 1.82) is 0 Å². The van der Waals surface area contributed by atoms with E-state index in [9.17, 15) is 13.8 Å². The van der Waals surface area contributed by atoms with Crippen molar-refractivity contribution < 1.29 is 18.9 Å². The molecule has 1 aliphatic rings. The van der Waals surface area contributed by atoms with Crippen LogP contribution in [0.4, 0.5) is 4.79 Å². The minimum absolute atomic E-state index is 0.122. The number of carbonyl (C=O) groups is 2. The molecule has 0 spiro atoms. The monoisotopic (exact) mass is 262 g/mol. The van der Waals surface area contributed by atoms with Gasteiger partial charge < -0.3 is 15.7 Å². The summed E-state index contributed by atoms with van der Waals surface area (Å²) in [7, 11) is -0.881. The van der Waals surface area contributed by atoms with Gasteiger partial charge in [-0.05, 0) is 26.2 Å². The Morgan fingerprint density at radius 2 is 2.06 bits per heavy atom. The highest BCUT2D eigenvalue weighted by Gasteiger charge is 2.51. The Bertz CT molecular complexity index is 341. The van der Waals surface area contributed by atoms with Crippen molar-refractivity contribution >= 4 is 22.8 Å². The summed E-state index contributed by atoms with van der Waals surface area (Å²) in [6.45, 7) is 1.80. The molecule has 0 saturated heterocycles. The number of urea groups is 1. The van der Waals surface area contributed by atoms with E-state index in [1.807, 2.05) is 0 Å². The first-order valence-electron chi connectivity index (χ1n) is 5.48. The van der Waals surface area contributed by atoms with Gasteiger partial charge in [-0.3, -0.25) is 4.21 Å². The molecule has 0 aromatic carbocycles. The lowest BCUT2D eigenvalue weighted by atomic mass is 10.2. The lowest BCUT2D eigenvalue weighted by molar-refractivity contribution is -0.140. The van der Waals surface area contributed by atoms with Crippen LogP contribution in [0.3, 0.4) is 0 Å². The Morgan fingerprint density at radius 3 is 2.47 bits per heavy atom. The summed E-state index contributed by atoms with van der Waals surface area (Å²) in [5.74, 6) is -0.471. The van der Waals surface area contributed by atoms with Crippen molar-refractivity contribution in [1.82, 2.24) is 10.6 Å². The molecule has 98 valence electrons. The minimum atomic E-state index is -1.06. The molecule has 7 heteroatoms. The van der Waals surface area contributed by atoms with Crippen molar-refractivity contribution in [2.45, 2.75) is 37.8 Å². The first-order valence-corrected chi connectivity index (χ1v) is 7.20. The molecule has 0 aromatic rings. The fourth-order valence-electron chi connectivity index (χ4n) is 1.41. The van der Waals surface area contributed by atoms with E-state index in [1.54, 1.807) is 13.2 Å². The summed E-state index contributed by atoms with van der Waals surface area (Å²) in [4.78, 5) is 22.3. The zero-order valence-corrected chi connectivity index (χ0v) is 10.8. The number of aliphatic carboxylic acids is 1. The highest BCUT2D eigenvalue weighted by molar-refractivity contribution is 7.84. The molecule has 3 N–H and O–H groups in total. The average Bonchev–Trinajstić information content (AvgIpc) is 2.95. The second-order valence-electron chi connectivity index (χ2n) is 4.45. The minimum Gasteiger partial charge on any atom is -0.480 e. The number of hydrogen-bond donors (Lipinski definition) is 3. The van der Waals surface area contributed by atoms with Gasteiger partial charge in [-0.25, -0.2) is 9.59 Å². The van der Waals surface area contributed by atoms with E-state index in [4.69, 9.17) is 5.11 Å². The van der Waals surface area contributed by atoms with Gasteiger partial charge in [0.15, 0.2) is 0 Å². The third-order valence-corrected chi connectivity index (χ3v) is 3.54. The van der Waals surface area contributed by atoms with Gasteiger partial charge in [0, 0.05) is 28.9 Å². The topological polar surface area (TPSA) is 95.5 Å². The van der Waals surface area contributed by atoms with E-state index < -0.39 is 28.3 Å². The van der Waals surface area contributed by atoms with Crippen molar-refractivity contribution in [2.24, 2.45) is 0 Å². The Labute approximate surface area is 103 Å². The van der Waals surface area contributed by atoms with Gasteiger partial charge in [0.2, 0.25) is 0 Å². The molecule has 1 aliphatic carbocycles. The highest BCUT2D eigenvalue weighted by Crippen LogP contribution is 2.35. The number of carboxylic acids is 1. The normalized spacial score (nSPS) is 20.1. The van der Waals surface area contributed by atoms with E-state index in [0.717, 1.165) is 0 Å². The third kappa shape index (κ3) is 4.33. The standard InChI is InChI=1S/C10H18N2O4S/c1-7(3-6-17(2)16)11-9(15)12-10(4-5-10)8(13)14/h7H,3-6H2,1-2H3,(H,13,14)(H2,11,12,15). The van der Waals surface area contributed by atoms with Gasteiger partial charge in [0.1, 0.15) is 5.54 Å². The van der Waals surface area contributed by atoms with Crippen LogP contribution in [0.15, 0.2) is 0 Å². The van der Waals surface area contributed by atoms with Crippen LogP contribution >= 0.6 is 0 Å². The summed E-state index contributed by atoms with van der Waals surface area (Å²) < 4.78 is 10.9. The van der Waals surface area contributed by atoms with Gasteiger partial charge in [-0.1, -0.05) is 0 Å². The van der Waals surface area contributed by atoms with E-state index >= 15 is 0 Å². The zero-order chi connectivity index (χ0) is 13.1. The molecule has 0 heterocycles. The maximum absolute atomic E-state index is 11.5. The number of nitrogens with one attached hydrogen (secondary N) is 2. The largest absolute Gasteiger partial charge is 0.480 e. The second-order valence-corrected chi connectivity index (χ2v) is 6.01. The zero-order valence-electron chi connectivity index (χ0n) is 9.99. The van der Waals surface area contributed by atoms with E-state index in [1.165, 1.54) is 0 Å². The molecule has 0 radical (unpaired) electrons. The molecule has 2 amide bonds. The van der Waals surface area contributed by atoms with Crippen LogP contribution in [0.2, 0.25) is 0 Å². The fraction of sp³-hybridized carbons (Fsp3) is 0.800. The Hall–Kier alpha value is -1.11. The Kier molecular flexibility index (Phi) is 4.50. The maximum atomic E-state index is 11.5. The predicted molar refractivity (Wildman–Crippen MR) is 64.3 cm³/mol. The molecule has 1 fully saturated rings. The molecular weight excluding hydrogens is 244 g/mol. The fourth-order valence-corrected chi connectivity index (χ4v) is 2.09. The van der Waals surface area contributed by atoms with Crippen LogP contribution in [-0.4, -0.2) is 44.9 Å². The summed E-state index contributed by atoms with van der Waals surface area (Å²) in [5, 5.41) is 14.0. The quantitative estimate of drug-likeness (QED) is 0.630. The van der Waals surface area contributed by atoms with E-state index in [2.05, 4.69) is 10.6 Å². The number of amides is 2. The molecule has 1 saturated carbocycles. The van der Waals surface area contributed by atoms with Crippen LogP contribution in [-0.2, 0) is 15.6 Å². The van der Waals surface area contributed by atoms with Crippen LogP contribution in [0.25, 0.3) is 0 Å². The summed E-state index contributed by atoms with van der Waals surface area (Å²) in [6.07, 6.45) is 3.17. The van der Waals surface area contributed by atoms with Gasteiger partial charge in [-0.15, -0.1) is 0 Å². The highest BCUT2D eigenvalue weighted by atomic mass is 32.2. The number of hydrogen-bond acceptors (Lipinski definition) is 3. The molecular formula is C10H18N2O4S. The number of rotatable bonds is 6. The molecule has 0 aromatic heterocycles. The third-order valence-electron chi connectivity index (χ3n) is 2.73. The molecule has 0 bridgehead atoms. The smallest absolute Gasteiger partial charge is 0.329 e. The number of carbonyl (C=O) groups excluding carboxylic acids is 1. The van der Waals surface area contributed by atoms with Crippen molar-refractivity contribution in [3.8, 4) is 0 Å². The summed E-state index contributed by atoms with van der Waals surface area (Å²) >= 11 is 0. The Balaban J connectivity index is 2.30. The molecule has 1 rings (SSSR count). The van der Waals surface area contributed by atoms with Crippen LogP contribution in [0.5, 0.6) is 0 Å². The van der Waals surface area contributed by atoms with Gasteiger partial charge in [0.05, 0.1) is 0 Å². The van der Waals surface area contributed by atoms with Crippen LogP contribution < -0.4 is 10.6 Å². The van der Waals surface area contributed by atoms with Crippen LogP contribution in [0.1, 0.15) is 26.2 Å². The Morgan fingerprint density at radius 1 is 1.47 bits per heavy atom. The van der Waals surface area contributed by atoms with E-state index in [0.29, 0.717) is 25.0 Å². The lowest BCUT2D eigenvalue weighted by Crippen LogP contribution is -2.50. The van der Waals surface area contributed by atoms with Gasteiger partial charge >= 0.3 is 12.0 Å². The van der Waals surface area contributed by atoms with Gasteiger partial charge in [0.25, 0.3) is 0 Å².